The molecule has 8 aromatic rings. The van der Waals surface area contributed by atoms with Crippen molar-refractivity contribution in [3.05, 3.63) is 133 Å². The van der Waals surface area contributed by atoms with Crippen LogP contribution in [-0.4, -0.2) is 9.13 Å². The van der Waals surface area contributed by atoms with Crippen LogP contribution in [-0.2, 0) is 0 Å². The van der Waals surface area contributed by atoms with Crippen LogP contribution in [0.5, 0.6) is 11.5 Å². The molecule has 0 bridgehead atoms. The molecule has 1 aliphatic heterocycles. The molecule has 39 heavy (non-hydrogen) atoms. The van der Waals surface area contributed by atoms with Gasteiger partial charge in [0.25, 0.3) is 0 Å². The van der Waals surface area contributed by atoms with Gasteiger partial charge in [0.1, 0.15) is 0 Å². The molecule has 0 fully saturated rings. The van der Waals surface area contributed by atoms with Crippen molar-refractivity contribution < 1.29 is 15.7 Å². The van der Waals surface area contributed by atoms with Crippen molar-refractivity contribution in [1.29, 1.82) is 0 Å². The van der Waals surface area contributed by atoms with Crippen molar-refractivity contribution in [2.24, 2.45) is 0 Å². The first kappa shape index (κ1) is 14.6. The maximum Gasteiger partial charge on any atom is 0.152 e. The summed E-state index contributed by atoms with van der Waals surface area (Å²) in [6, 6.07) is 24.5. The monoisotopic (exact) mass is 506 g/mol. The highest BCUT2D eigenvalue weighted by atomic mass is 16.5. The normalized spacial score (nSPS) is 15.2. The summed E-state index contributed by atoms with van der Waals surface area (Å²) in [4.78, 5) is 0. The van der Waals surface area contributed by atoms with Crippen molar-refractivity contribution in [3.8, 4) is 34.0 Å². The summed E-state index contributed by atoms with van der Waals surface area (Å²) in [6.07, 6.45) is 0. The van der Waals surface area contributed by atoms with E-state index in [-0.39, 0.29) is 46.0 Å². The Morgan fingerprint density at radius 2 is 1.23 bits per heavy atom. The Balaban J connectivity index is 1.32. The van der Waals surface area contributed by atoms with Crippen LogP contribution < -0.4 is 4.74 Å². The van der Waals surface area contributed by atoms with E-state index < -0.39 is 24.2 Å². The first-order valence-corrected chi connectivity index (χ1v) is 12.6. The lowest BCUT2D eigenvalue weighted by molar-refractivity contribution is 0.476. The van der Waals surface area contributed by atoms with Crippen LogP contribution in [0.3, 0.4) is 0 Å². The summed E-state index contributed by atoms with van der Waals surface area (Å²) in [6.45, 7) is 0. The molecule has 0 aliphatic carbocycles. The molecular weight excluding hydrogens is 476 g/mol. The molecular formula is C36H22N2O. The van der Waals surface area contributed by atoms with Gasteiger partial charge in [0.2, 0.25) is 0 Å². The maximum absolute atomic E-state index is 8.80. The van der Waals surface area contributed by atoms with Crippen molar-refractivity contribution in [2.75, 3.05) is 0 Å². The number of hydrogen-bond donors (Lipinski definition) is 0. The Labute approximate surface area is 236 Å². The number of fused-ring (bicyclic) bond motifs is 8. The van der Waals surface area contributed by atoms with Gasteiger partial charge in [0.05, 0.1) is 38.7 Å². The second-order valence-electron chi connectivity index (χ2n) is 9.59. The van der Waals surface area contributed by atoms with Crippen molar-refractivity contribution in [3.63, 3.8) is 0 Å². The van der Waals surface area contributed by atoms with Gasteiger partial charge >= 0.3 is 0 Å². The predicted molar refractivity (Wildman–Crippen MR) is 161 cm³/mol. The van der Waals surface area contributed by atoms with E-state index in [1.54, 1.807) is 0 Å². The molecule has 0 saturated carbocycles. The molecule has 3 heterocycles. The van der Waals surface area contributed by atoms with Gasteiger partial charge in [-0.2, -0.15) is 0 Å². The van der Waals surface area contributed by atoms with Gasteiger partial charge in [-0.1, -0.05) is 78.7 Å². The quantitative estimate of drug-likeness (QED) is 0.228. The topological polar surface area (TPSA) is 19.1 Å². The van der Waals surface area contributed by atoms with Crippen LogP contribution in [0.15, 0.2) is 133 Å². The first-order chi connectivity index (χ1) is 22.7. The third kappa shape index (κ3) is 2.76. The zero-order valence-electron chi connectivity index (χ0n) is 28.4. The summed E-state index contributed by atoms with van der Waals surface area (Å²) in [5.41, 5.74) is 5.53. The summed E-state index contributed by atoms with van der Waals surface area (Å²) in [7, 11) is 0. The highest BCUT2D eigenvalue weighted by Gasteiger charge is 2.25. The van der Waals surface area contributed by atoms with E-state index in [1.165, 1.54) is 4.57 Å². The molecule has 0 atom stereocenters. The molecule has 3 heteroatoms. The smallest absolute Gasteiger partial charge is 0.152 e. The van der Waals surface area contributed by atoms with Crippen molar-refractivity contribution in [2.45, 2.75) is 0 Å². The molecule has 9 rings (SSSR count). The van der Waals surface area contributed by atoms with Crippen molar-refractivity contribution >= 4 is 43.6 Å². The lowest BCUT2D eigenvalue weighted by Gasteiger charge is -2.21. The fourth-order valence-electron chi connectivity index (χ4n) is 5.96. The molecule has 0 N–H and O–H groups in total. The van der Waals surface area contributed by atoms with Crippen LogP contribution in [0.25, 0.3) is 66.1 Å². The minimum absolute atomic E-state index is 0.0573. The Morgan fingerprint density at radius 3 is 2.03 bits per heavy atom. The van der Waals surface area contributed by atoms with Crippen LogP contribution in [0.2, 0.25) is 0 Å². The molecule has 3 nitrogen and oxygen atoms in total. The molecule has 0 radical (unpaired) electrons. The Kier molecular flexibility index (Phi) is 2.85. The molecule has 0 amide bonds. The van der Waals surface area contributed by atoms with Crippen LogP contribution >= 0.6 is 0 Å². The van der Waals surface area contributed by atoms with Gasteiger partial charge in [-0.15, -0.1) is 0 Å². The minimum Gasteiger partial charge on any atom is -0.453 e. The van der Waals surface area contributed by atoms with Gasteiger partial charge in [0, 0.05) is 27.2 Å². The zero-order valence-corrected chi connectivity index (χ0v) is 20.4. The standard InChI is InChI=1S/C36H22N2O/c1-4-12-29-26(9-1)27-10-2-5-13-30(27)37(29)24-19-17-23(18-20-24)25-21-22-34-36-35(25)28-11-3-6-14-31(28)38(36)32-15-7-8-16-33(32)39-34/h1-22H/i1D,2D,4D,5D,9D,10D,12D,13D. The molecule has 0 spiro atoms. The lowest BCUT2D eigenvalue weighted by Crippen LogP contribution is -2.03. The summed E-state index contributed by atoms with van der Waals surface area (Å²) in [5.74, 6) is 1.53. The predicted octanol–water partition coefficient (Wildman–Crippen LogP) is 9.65. The van der Waals surface area contributed by atoms with E-state index in [0.717, 1.165) is 50.1 Å². The molecule has 0 unspecified atom stereocenters. The number of aromatic nitrogens is 2. The third-order valence-electron chi connectivity index (χ3n) is 7.57. The molecule has 0 saturated heterocycles. The average molecular weight is 507 g/mol. The molecule has 182 valence electrons. The van der Waals surface area contributed by atoms with Gasteiger partial charge in [-0.25, -0.2) is 0 Å². The highest BCUT2D eigenvalue weighted by Crippen LogP contribution is 2.48. The number of para-hydroxylation sites is 5. The minimum atomic E-state index is -0.462. The number of nitrogens with zero attached hydrogens (tertiary/aromatic N) is 2. The van der Waals surface area contributed by atoms with Crippen LogP contribution in [0.1, 0.15) is 11.0 Å². The first-order valence-electron chi connectivity index (χ1n) is 16.6. The molecule has 1 aliphatic rings. The highest BCUT2D eigenvalue weighted by molar-refractivity contribution is 6.18. The fraction of sp³-hybridized carbons (Fsp3) is 0. The van der Waals surface area contributed by atoms with Gasteiger partial charge in [0.15, 0.2) is 11.5 Å². The average Bonchev–Trinajstić information content (AvgIpc) is 3.64. The fourth-order valence-corrected chi connectivity index (χ4v) is 5.96. The Bertz CT molecular complexity index is 2620. The number of hydrogen-bond acceptors (Lipinski definition) is 1. The van der Waals surface area contributed by atoms with E-state index in [2.05, 4.69) is 16.7 Å². The summed E-state index contributed by atoms with van der Waals surface area (Å²) >= 11 is 0. The number of benzene rings is 6. The molecule has 6 aromatic carbocycles. The van der Waals surface area contributed by atoms with Gasteiger partial charge in [-0.05, 0) is 65.7 Å². The zero-order chi connectivity index (χ0) is 32.5. The number of ether oxygens (including phenoxy) is 1. The van der Waals surface area contributed by atoms with E-state index in [0.29, 0.717) is 5.69 Å². The maximum atomic E-state index is 8.80. The van der Waals surface area contributed by atoms with Gasteiger partial charge in [-0.3, -0.25) is 0 Å². The van der Waals surface area contributed by atoms with E-state index in [9.17, 15) is 0 Å². The third-order valence-corrected chi connectivity index (χ3v) is 7.57. The van der Waals surface area contributed by atoms with Crippen LogP contribution in [0, 0.1) is 0 Å². The lowest BCUT2D eigenvalue weighted by atomic mass is 9.98. The van der Waals surface area contributed by atoms with Crippen LogP contribution in [0.4, 0.5) is 0 Å². The second-order valence-corrected chi connectivity index (χ2v) is 9.59. The largest absolute Gasteiger partial charge is 0.453 e. The SMILES string of the molecule is [2H]c1c([2H])c([2H])c2c(c1[2H])c1c([2H])c([2H])c([2H])c([2H])c1n2-c1ccc(-c2ccc3c4c2c2ccccc2n4-c2ccccc2O3)cc1. The van der Waals surface area contributed by atoms with Crippen molar-refractivity contribution in [1.82, 2.24) is 9.13 Å². The van der Waals surface area contributed by atoms with E-state index in [4.69, 9.17) is 15.7 Å². The summed E-state index contributed by atoms with van der Waals surface area (Å²) in [5, 5.41) is 2.21. The van der Waals surface area contributed by atoms with Gasteiger partial charge < -0.3 is 13.9 Å². The summed E-state index contributed by atoms with van der Waals surface area (Å²) < 4.78 is 78.4. The Hall–Kier alpha value is -5.28. The Morgan fingerprint density at radius 1 is 0.538 bits per heavy atom. The number of rotatable bonds is 2. The molecule has 2 aromatic heterocycles. The van der Waals surface area contributed by atoms with E-state index in [1.807, 2.05) is 72.8 Å². The second kappa shape index (κ2) is 7.62. The van der Waals surface area contributed by atoms with E-state index >= 15 is 0 Å².